The fourth-order valence-corrected chi connectivity index (χ4v) is 3.36. The summed E-state index contributed by atoms with van der Waals surface area (Å²) in [4.78, 5) is 19.4. The van der Waals surface area contributed by atoms with E-state index in [1.165, 1.54) is 5.69 Å². The predicted octanol–water partition coefficient (Wildman–Crippen LogP) is 2.65. The number of para-hydroxylation sites is 1. The molecule has 0 atom stereocenters. The topological polar surface area (TPSA) is 71.2 Å². The van der Waals surface area contributed by atoms with Crippen molar-refractivity contribution in [3.63, 3.8) is 0 Å². The minimum atomic E-state index is -0.0176. The summed E-state index contributed by atoms with van der Waals surface area (Å²) in [5.41, 5.74) is 9.11. The van der Waals surface area contributed by atoms with Gasteiger partial charge in [0.15, 0.2) is 5.78 Å². The van der Waals surface area contributed by atoms with Gasteiger partial charge in [-0.25, -0.2) is 0 Å². The van der Waals surface area contributed by atoms with Crippen molar-refractivity contribution in [2.45, 2.75) is 6.42 Å². The van der Waals surface area contributed by atoms with E-state index in [1.807, 2.05) is 30.3 Å². The maximum atomic E-state index is 12.6. The number of nitrogens with one attached hydrogen (secondary N) is 1. The Morgan fingerprint density at radius 2 is 1.88 bits per heavy atom. The normalized spacial score (nSPS) is 14.5. The van der Waals surface area contributed by atoms with E-state index in [0.717, 1.165) is 42.5 Å². The van der Waals surface area contributed by atoms with Crippen molar-refractivity contribution >= 4 is 27.9 Å². The van der Waals surface area contributed by atoms with Crippen LogP contribution in [0, 0.1) is 0 Å². The van der Waals surface area contributed by atoms with Gasteiger partial charge in [-0.2, -0.15) is 0 Å². The lowest BCUT2D eigenvalue weighted by atomic mass is 10.0. The van der Waals surface area contributed by atoms with Crippen molar-refractivity contribution in [1.82, 2.24) is 10.3 Å². The van der Waals surface area contributed by atoms with Gasteiger partial charge in [-0.05, 0) is 35.2 Å². The van der Waals surface area contributed by atoms with Crippen LogP contribution in [0.25, 0.3) is 10.8 Å². The number of anilines is 2. The van der Waals surface area contributed by atoms with Crippen LogP contribution in [0.4, 0.5) is 11.4 Å². The molecule has 1 aliphatic heterocycles. The number of nitrogen functional groups attached to an aromatic ring is 1. The molecule has 0 bridgehead atoms. The van der Waals surface area contributed by atoms with Crippen LogP contribution < -0.4 is 16.0 Å². The average molecular weight is 346 g/mol. The van der Waals surface area contributed by atoms with Gasteiger partial charge in [0.05, 0.1) is 0 Å². The number of rotatable bonds is 4. The van der Waals surface area contributed by atoms with Crippen LogP contribution in [0.3, 0.4) is 0 Å². The van der Waals surface area contributed by atoms with E-state index in [0.29, 0.717) is 11.4 Å². The molecule has 26 heavy (non-hydrogen) atoms. The number of fused-ring (bicyclic) bond motifs is 1. The van der Waals surface area contributed by atoms with Gasteiger partial charge in [-0.1, -0.05) is 24.3 Å². The third-order valence-corrected chi connectivity index (χ3v) is 4.88. The van der Waals surface area contributed by atoms with Crippen LogP contribution in [0.1, 0.15) is 16.1 Å². The molecule has 1 aromatic heterocycles. The van der Waals surface area contributed by atoms with E-state index in [4.69, 9.17) is 5.73 Å². The van der Waals surface area contributed by atoms with E-state index >= 15 is 0 Å². The van der Waals surface area contributed by atoms with Gasteiger partial charge in [-0.3, -0.25) is 9.78 Å². The molecule has 5 heteroatoms. The van der Waals surface area contributed by atoms with E-state index < -0.39 is 0 Å². The molecule has 3 N–H and O–H groups in total. The molecular weight excluding hydrogens is 324 g/mol. The summed E-state index contributed by atoms with van der Waals surface area (Å²) in [5, 5.41) is 5.45. The van der Waals surface area contributed by atoms with Crippen molar-refractivity contribution in [2.24, 2.45) is 0 Å². The standard InChI is InChI=1S/C21H22N4O/c22-19-4-2-1-3-16(19)13-21(26)20-12-15-5-6-18(11-17(15)14-24-20)25-9-7-23-8-10-25/h1-6,11-12,14,23H,7-10,13,22H2. The van der Waals surface area contributed by atoms with Crippen molar-refractivity contribution in [3.05, 3.63) is 66.0 Å². The average Bonchev–Trinajstić information content (AvgIpc) is 2.69. The summed E-state index contributed by atoms with van der Waals surface area (Å²) in [7, 11) is 0. The molecule has 0 unspecified atom stereocenters. The smallest absolute Gasteiger partial charge is 0.185 e. The molecule has 0 saturated carbocycles. The molecule has 3 aromatic rings. The van der Waals surface area contributed by atoms with Crippen molar-refractivity contribution in [3.8, 4) is 0 Å². The lowest BCUT2D eigenvalue weighted by Gasteiger charge is -2.29. The van der Waals surface area contributed by atoms with Gasteiger partial charge in [-0.15, -0.1) is 0 Å². The van der Waals surface area contributed by atoms with E-state index in [1.54, 1.807) is 6.20 Å². The number of carbonyl (C=O) groups is 1. The molecule has 1 saturated heterocycles. The second-order valence-electron chi connectivity index (χ2n) is 6.64. The monoisotopic (exact) mass is 346 g/mol. The van der Waals surface area contributed by atoms with Crippen LogP contribution >= 0.6 is 0 Å². The Balaban J connectivity index is 1.57. The van der Waals surface area contributed by atoms with E-state index in [2.05, 4.69) is 33.4 Å². The Morgan fingerprint density at radius 1 is 1.08 bits per heavy atom. The molecule has 0 spiro atoms. The molecule has 2 aromatic carbocycles. The number of ketones is 1. The van der Waals surface area contributed by atoms with Gasteiger partial charge >= 0.3 is 0 Å². The van der Waals surface area contributed by atoms with Crippen LogP contribution in [0.5, 0.6) is 0 Å². The van der Waals surface area contributed by atoms with Crippen LogP contribution in [0.2, 0.25) is 0 Å². The SMILES string of the molecule is Nc1ccccc1CC(=O)c1cc2ccc(N3CCNCC3)cc2cn1. The molecule has 132 valence electrons. The van der Waals surface area contributed by atoms with Crippen LogP contribution in [0.15, 0.2) is 54.7 Å². The largest absolute Gasteiger partial charge is 0.398 e. The van der Waals surface area contributed by atoms with Crippen LogP contribution in [-0.4, -0.2) is 36.9 Å². The zero-order chi connectivity index (χ0) is 17.9. The number of nitrogens with two attached hydrogens (primary N) is 1. The Labute approximate surface area is 152 Å². The number of benzene rings is 2. The molecular formula is C21H22N4O. The van der Waals surface area contributed by atoms with Crippen molar-refractivity contribution < 1.29 is 4.79 Å². The van der Waals surface area contributed by atoms with Crippen molar-refractivity contribution in [2.75, 3.05) is 36.8 Å². The summed E-state index contributed by atoms with van der Waals surface area (Å²) in [6.07, 6.45) is 2.06. The molecule has 1 fully saturated rings. The highest BCUT2D eigenvalue weighted by molar-refractivity contribution is 5.99. The number of pyridine rings is 1. The number of piperazine rings is 1. The Morgan fingerprint density at radius 3 is 2.69 bits per heavy atom. The summed E-state index contributed by atoms with van der Waals surface area (Å²) < 4.78 is 0. The molecule has 4 rings (SSSR count). The summed E-state index contributed by atoms with van der Waals surface area (Å²) in [6, 6.07) is 15.7. The highest BCUT2D eigenvalue weighted by Gasteiger charge is 2.13. The zero-order valence-corrected chi connectivity index (χ0v) is 14.6. The number of nitrogens with zero attached hydrogens (tertiary/aromatic N) is 2. The lowest BCUT2D eigenvalue weighted by Crippen LogP contribution is -2.43. The number of hydrogen-bond acceptors (Lipinski definition) is 5. The molecule has 0 radical (unpaired) electrons. The molecule has 5 nitrogen and oxygen atoms in total. The maximum Gasteiger partial charge on any atom is 0.185 e. The maximum absolute atomic E-state index is 12.6. The third kappa shape index (κ3) is 3.39. The first kappa shape index (κ1) is 16.5. The summed E-state index contributed by atoms with van der Waals surface area (Å²) in [5.74, 6) is -0.0176. The Bertz CT molecular complexity index is 948. The highest BCUT2D eigenvalue weighted by Crippen LogP contribution is 2.23. The Kier molecular flexibility index (Phi) is 4.54. The highest BCUT2D eigenvalue weighted by atomic mass is 16.1. The molecule has 0 amide bonds. The number of Topliss-reactive ketones (excluding diaryl/α,β-unsaturated/α-hetero) is 1. The minimum Gasteiger partial charge on any atom is -0.398 e. The fourth-order valence-electron chi connectivity index (χ4n) is 3.36. The van der Waals surface area contributed by atoms with Gasteiger partial charge in [0.1, 0.15) is 5.69 Å². The number of carbonyl (C=O) groups excluding carboxylic acids is 1. The zero-order valence-electron chi connectivity index (χ0n) is 14.6. The number of aromatic nitrogens is 1. The molecule has 1 aliphatic rings. The second kappa shape index (κ2) is 7.14. The van der Waals surface area contributed by atoms with Crippen molar-refractivity contribution in [1.29, 1.82) is 0 Å². The number of hydrogen-bond donors (Lipinski definition) is 2. The second-order valence-corrected chi connectivity index (χ2v) is 6.64. The van der Waals surface area contributed by atoms with Gasteiger partial charge in [0.25, 0.3) is 0 Å². The molecule has 0 aliphatic carbocycles. The van der Waals surface area contributed by atoms with E-state index in [9.17, 15) is 4.79 Å². The van der Waals surface area contributed by atoms with Gasteiger partial charge < -0.3 is 16.0 Å². The first-order valence-corrected chi connectivity index (χ1v) is 8.93. The fraction of sp³-hybridized carbons (Fsp3) is 0.238. The van der Waals surface area contributed by atoms with Gasteiger partial charge in [0.2, 0.25) is 0 Å². The minimum absolute atomic E-state index is 0.0176. The summed E-state index contributed by atoms with van der Waals surface area (Å²) >= 11 is 0. The first-order chi connectivity index (χ1) is 12.7. The lowest BCUT2D eigenvalue weighted by molar-refractivity contribution is 0.0988. The van der Waals surface area contributed by atoms with Crippen LogP contribution in [-0.2, 0) is 6.42 Å². The Hall–Kier alpha value is -2.92. The molecule has 2 heterocycles. The summed E-state index contributed by atoms with van der Waals surface area (Å²) in [6.45, 7) is 4.03. The quantitative estimate of drug-likeness (QED) is 0.561. The van der Waals surface area contributed by atoms with E-state index in [-0.39, 0.29) is 12.2 Å². The van der Waals surface area contributed by atoms with Gasteiger partial charge in [0, 0.05) is 55.6 Å². The first-order valence-electron chi connectivity index (χ1n) is 8.93. The predicted molar refractivity (Wildman–Crippen MR) is 106 cm³/mol. The third-order valence-electron chi connectivity index (χ3n) is 4.88.